The predicted octanol–water partition coefficient (Wildman–Crippen LogP) is 3.64. The fourth-order valence-corrected chi connectivity index (χ4v) is 2.91. The molecule has 0 spiro atoms. The summed E-state index contributed by atoms with van der Waals surface area (Å²) in [6.45, 7) is 4.30. The van der Waals surface area contributed by atoms with E-state index in [1.54, 1.807) is 0 Å². The second-order valence-corrected chi connectivity index (χ2v) is 5.42. The van der Waals surface area contributed by atoms with E-state index in [9.17, 15) is 4.39 Å². The molecule has 17 heavy (non-hydrogen) atoms. The van der Waals surface area contributed by atoms with E-state index in [1.807, 2.05) is 6.07 Å². The number of benzene rings is 1. The molecule has 1 aliphatic heterocycles. The number of nitrogens with one attached hydrogen (secondary N) is 1. The fourth-order valence-electron chi connectivity index (χ4n) is 2.22. The van der Waals surface area contributed by atoms with E-state index in [0.717, 1.165) is 23.1 Å². The molecule has 1 N–H and O–H groups in total. The number of piperidine rings is 1. The smallest absolute Gasteiger partial charge is 0.124 e. The second kappa shape index (κ2) is 5.94. The van der Waals surface area contributed by atoms with E-state index >= 15 is 0 Å². The van der Waals surface area contributed by atoms with Gasteiger partial charge in [0.15, 0.2) is 0 Å². The lowest BCUT2D eigenvalue weighted by molar-refractivity contribution is 0.133. The van der Waals surface area contributed by atoms with Gasteiger partial charge in [0.1, 0.15) is 5.82 Å². The van der Waals surface area contributed by atoms with Gasteiger partial charge in [-0.25, -0.2) is 14.8 Å². The third kappa shape index (κ3) is 3.50. The van der Waals surface area contributed by atoms with E-state index in [-0.39, 0.29) is 11.9 Å². The van der Waals surface area contributed by atoms with Crippen molar-refractivity contribution in [1.29, 1.82) is 0 Å². The van der Waals surface area contributed by atoms with Crippen molar-refractivity contribution in [2.24, 2.45) is 0 Å². The van der Waals surface area contributed by atoms with Crippen molar-refractivity contribution in [2.45, 2.75) is 32.2 Å². The molecular formula is C13H18BrFN2. The first kappa shape index (κ1) is 13.0. The van der Waals surface area contributed by atoms with Gasteiger partial charge >= 0.3 is 0 Å². The van der Waals surface area contributed by atoms with Crippen LogP contribution in [0.25, 0.3) is 0 Å². The van der Waals surface area contributed by atoms with Crippen LogP contribution in [0.4, 0.5) is 4.39 Å². The van der Waals surface area contributed by atoms with Crippen molar-refractivity contribution < 1.29 is 4.39 Å². The van der Waals surface area contributed by atoms with E-state index in [0.29, 0.717) is 0 Å². The van der Waals surface area contributed by atoms with Crippen molar-refractivity contribution in [1.82, 2.24) is 10.4 Å². The van der Waals surface area contributed by atoms with Crippen molar-refractivity contribution in [3.8, 4) is 0 Å². The normalized spacial score (nSPS) is 19.2. The molecule has 1 heterocycles. The third-order valence-corrected chi connectivity index (χ3v) is 3.85. The van der Waals surface area contributed by atoms with Gasteiger partial charge in [-0.1, -0.05) is 28.4 Å². The maximum absolute atomic E-state index is 13.0. The summed E-state index contributed by atoms with van der Waals surface area (Å²) >= 11 is 3.41. The quantitative estimate of drug-likeness (QED) is 0.917. The molecule has 1 saturated heterocycles. The Labute approximate surface area is 110 Å². The maximum Gasteiger partial charge on any atom is 0.124 e. The molecule has 0 amide bonds. The first-order valence-corrected chi connectivity index (χ1v) is 6.92. The van der Waals surface area contributed by atoms with Gasteiger partial charge in [-0.2, -0.15) is 0 Å². The molecular weight excluding hydrogens is 283 g/mol. The molecule has 1 aliphatic rings. The fraction of sp³-hybridized carbons (Fsp3) is 0.538. The SMILES string of the molecule is CC(NN1CCCCC1)c1ccc(F)cc1Br. The zero-order chi connectivity index (χ0) is 12.3. The van der Waals surface area contributed by atoms with E-state index in [2.05, 4.69) is 33.3 Å². The summed E-state index contributed by atoms with van der Waals surface area (Å²) in [7, 11) is 0. The van der Waals surface area contributed by atoms with Gasteiger partial charge in [-0.05, 0) is 37.5 Å². The van der Waals surface area contributed by atoms with Crippen molar-refractivity contribution in [3.63, 3.8) is 0 Å². The van der Waals surface area contributed by atoms with Gasteiger partial charge in [0.25, 0.3) is 0 Å². The Bertz CT molecular complexity index is 378. The topological polar surface area (TPSA) is 15.3 Å². The Morgan fingerprint density at radius 3 is 2.65 bits per heavy atom. The third-order valence-electron chi connectivity index (χ3n) is 3.16. The lowest BCUT2D eigenvalue weighted by Crippen LogP contribution is -2.42. The molecule has 1 aromatic carbocycles. The summed E-state index contributed by atoms with van der Waals surface area (Å²) in [5, 5.41) is 2.27. The maximum atomic E-state index is 13.0. The first-order valence-electron chi connectivity index (χ1n) is 6.13. The number of rotatable bonds is 3. The summed E-state index contributed by atoms with van der Waals surface area (Å²) in [4.78, 5) is 0. The van der Waals surface area contributed by atoms with Crippen LogP contribution < -0.4 is 5.43 Å². The molecule has 0 bridgehead atoms. The molecule has 0 aliphatic carbocycles. The minimum absolute atomic E-state index is 0.197. The van der Waals surface area contributed by atoms with Gasteiger partial charge in [-0.15, -0.1) is 0 Å². The van der Waals surface area contributed by atoms with Gasteiger partial charge in [0.05, 0.1) is 0 Å². The number of halogens is 2. The monoisotopic (exact) mass is 300 g/mol. The van der Waals surface area contributed by atoms with Crippen molar-refractivity contribution in [3.05, 3.63) is 34.1 Å². The minimum Gasteiger partial charge on any atom is -0.248 e. The molecule has 94 valence electrons. The van der Waals surface area contributed by atoms with Gasteiger partial charge in [-0.3, -0.25) is 0 Å². The van der Waals surface area contributed by atoms with Crippen LogP contribution in [0.3, 0.4) is 0 Å². The zero-order valence-electron chi connectivity index (χ0n) is 10.0. The Morgan fingerprint density at radius 1 is 1.29 bits per heavy atom. The van der Waals surface area contributed by atoms with Gasteiger partial charge in [0.2, 0.25) is 0 Å². The molecule has 1 fully saturated rings. The average Bonchev–Trinajstić information content (AvgIpc) is 2.30. The van der Waals surface area contributed by atoms with E-state index in [4.69, 9.17) is 0 Å². The molecule has 1 unspecified atom stereocenters. The lowest BCUT2D eigenvalue weighted by Gasteiger charge is -2.30. The minimum atomic E-state index is -0.203. The molecule has 2 nitrogen and oxygen atoms in total. The largest absolute Gasteiger partial charge is 0.248 e. The van der Waals surface area contributed by atoms with Crippen LogP contribution in [0.5, 0.6) is 0 Å². The van der Waals surface area contributed by atoms with Gasteiger partial charge < -0.3 is 0 Å². The molecule has 1 aromatic rings. The molecule has 2 rings (SSSR count). The number of hydrogen-bond acceptors (Lipinski definition) is 2. The number of hydrazine groups is 1. The highest BCUT2D eigenvalue weighted by Crippen LogP contribution is 2.24. The van der Waals surface area contributed by atoms with Crippen LogP contribution in [0.1, 0.15) is 37.8 Å². The summed E-state index contributed by atoms with van der Waals surface area (Å²) in [6, 6.07) is 5.06. The summed E-state index contributed by atoms with van der Waals surface area (Å²) in [5.74, 6) is -0.203. The summed E-state index contributed by atoms with van der Waals surface area (Å²) in [6.07, 6.45) is 3.83. The van der Waals surface area contributed by atoms with Crippen LogP contribution in [0.15, 0.2) is 22.7 Å². The van der Waals surface area contributed by atoms with Crippen LogP contribution >= 0.6 is 15.9 Å². The van der Waals surface area contributed by atoms with Crippen molar-refractivity contribution >= 4 is 15.9 Å². The summed E-state index contributed by atoms with van der Waals surface area (Å²) < 4.78 is 13.8. The highest BCUT2D eigenvalue weighted by Gasteiger charge is 2.15. The standard InChI is InChI=1S/C13H18BrFN2/c1-10(16-17-7-3-2-4-8-17)12-6-5-11(15)9-13(12)14/h5-6,9-10,16H,2-4,7-8H2,1H3. The van der Waals surface area contributed by atoms with E-state index in [1.165, 1.54) is 31.4 Å². The zero-order valence-corrected chi connectivity index (χ0v) is 11.6. The van der Waals surface area contributed by atoms with Crippen LogP contribution in [-0.2, 0) is 0 Å². The molecule has 4 heteroatoms. The highest BCUT2D eigenvalue weighted by molar-refractivity contribution is 9.10. The molecule has 0 radical (unpaired) electrons. The van der Waals surface area contributed by atoms with E-state index < -0.39 is 0 Å². The summed E-state index contributed by atoms with van der Waals surface area (Å²) in [5.41, 5.74) is 4.57. The second-order valence-electron chi connectivity index (χ2n) is 4.56. The molecule has 0 aromatic heterocycles. The van der Waals surface area contributed by atoms with Crippen molar-refractivity contribution in [2.75, 3.05) is 13.1 Å². The Balaban J connectivity index is 2.00. The van der Waals surface area contributed by atoms with Crippen LogP contribution in [0, 0.1) is 5.82 Å². The first-order chi connectivity index (χ1) is 8.16. The Morgan fingerprint density at radius 2 is 2.00 bits per heavy atom. The van der Waals surface area contributed by atoms with Crippen LogP contribution in [-0.4, -0.2) is 18.1 Å². The van der Waals surface area contributed by atoms with Crippen LogP contribution in [0.2, 0.25) is 0 Å². The molecule has 0 saturated carbocycles. The number of hydrogen-bond donors (Lipinski definition) is 1. The number of nitrogens with zero attached hydrogens (tertiary/aromatic N) is 1. The molecule has 1 atom stereocenters. The Hall–Kier alpha value is -0.450. The lowest BCUT2D eigenvalue weighted by atomic mass is 10.1. The highest BCUT2D eigenvalue weighted by atomic mass is 79.9. The average molecular weight is 301 g/mol. The predicted molar refractivity (Wildman–Crippen MR) is 71.1 cm³/mol. The van der Waals surface area contributed by atoms with Gasteiger partial charge in [0, 0.05) is 23.6 Å². The Kier molecular flexibility index (Phi) is 4.54.